The molecule has 0 saturated carbocycles. The lowest BCUT2D eigenvalue weighted by Crippen LogP contribution is -2.38. The predicted octanol–water partition coefficient (Wildman–Crippen LogP) is 3.07. The fourth-order valence-electron chi connectivity index (χ4n) is 2.75. The Bertz CT molecular complexity index is 485. The first-order valence-electron chi connectivity index (χ1n) is 6.97. The lowest BCUT2D eigenvalue weighted by molar-refractivity contribution is -0.125. The molecule has 0 aromatic heterocycles. The third kappa shape index (κ3) is 3.07. The first-order chi connectivity index (χ1) is 9.61. The Morgan fingerprint density at radius 1 is 1.55 bits per heavy atom. The van der Waals surface area contributed by atoms with Crippen LogP contribution in [0.4, 0.5) is 5.69 Å². The van der Waals surface area contributed by atoms with Gasteiger partial charge in [-0.15, -0.1) is 0 Å². The van der Waals surface area contributed by atoms with E-state index in [1.165, 1.54) is 0 Å². The summed E-state index contributed by atoms with van der Waals surface area (Å²) in [5.41, 5.74) is 0.421. The fourth-order valence-corrected chi connectivity index (χ4v) is 3.01. The zero-order valence-corrected chi connectivity index (χ0v) is 12.7. The highest BCUT2D eigenvalue weighted by molar-refractivity contribution is 6.32. The van der Waals surface area contributed by atoms with Gasteiger partial charge in [-0.05, 0) is 37.6 Å². The topological polar surface area (TPSA) is 50.4 Å². The molecule has 2 N–H and O–H groups in total. The monoisotopic (exact) mass is 296 g/mol. The van der Waals surface area contributed by atoms with E-state index in [-0.39, 0.29) is 11.3 Å². The number of amides is 1. The Balaban J connectivity index is 2.12. The second-order valence-electron chi connectivity index (χ2n) is 5.26. The standard InChI is InChI=1S/C15H21ClN2O2/c1-3-6-15(7-8-17-10-15)14(19)18-11-4-5-13(20-2)12(16)9-11/h4-5,9,17H,3,6-8,10H2,1-2H3,(H,18,19). The van der Waals surface area contributed by atoms with E-state index in [1.807, 2.05) is 6.07 Å². The van der Waals surface area contributed by atoms with Crippen molar-refractivity contribution in [3.05, 3.63) is 23.2 Å². The normalized spacial score (nSPS) is 21.8. The number of carbonyl (C=O) groups excluding carboxylic acids is 1. The SMILES string of the molecule is CCCC1(C(=O)Nc2ccc(OC)c(Cl)c2)CCNC1. The molecule has 1 aliphatic heterocycles. The van der Waals surface area contributed by atoms with Crippen LogP contribution in [-0.4, -0.2) is 26.1 Å². The van der Waals surface area contributed by atoms with Crippen LogP contribution in [0.3, 0.4) is 0 Å². The molecule has 1 unspecified atom stereocenters. The number of methoxy groups -OCH3 is 1. The van der Waals surface area contributed by atoms with Crippen LogP contribution in [0.15, 0.2) is 18.2 Å². The van der Waals surface area contributed by atoms with Gasteiger partial charge in [0.15, 0.2) is 0 Å². The molecule has 1 fully saturated rings. The maximum absolute atomic E-state index is 12.6. The highest BCUT2D eigenvalue weighted by atomic mass is 35.5. The van der Waals surface area contributed by atoms with Crippen LogP contribution in [0.2, 0.25) is 5.02 Å². The average Bonchev–Trinajstić information content (AvgIpc) is 2.89. The number of nitrogens with one attached hydrogen (secondary N) is 2. The molecular formula is C15H21ClN2O2. The molecule has 20 heavy (non-hydrogen) atoms. The number of benzene rings is 1. The van der Waals surface area contributed by atoms with E-state index >= 15 is 0 Å². The Morgan fingerprint density at radius 2 is 2.35 bits per heavy atom. The summed E-state index contributed by atoms with van der Waals surface area (Å²) in [7, 11) is 1.57. The first kappa shape index (κ1) is 15.1. The maximum atomic E-state index is 12.6. The maximum Gasteiger partial charge on any atom is 0.231 e. The second kappa shape index (κ2) is 6.46. The zero-order valence-electron chi connectivity index (χ0n) is 12.0. The van der Waals surface area contributed by atoms with Gasteiger partial charge in [0.2, 0.25) is 5.91 Å². The van der Waals surface area contributed by atoms with Gasteiger partial charge in [0.05, 0.1) is 17.5 Å². The van der Waals surface area contributed by atoms with Crippen molar-refractivity contribution in [2.75, 3.05) is 25.5 Å². The summed E-state index contributed by atoms with van der Waals surface area (Å²) in [6.07, 6.45) is 2.78. The fraction of sp³-hybridized carbons (Fsp3) is 0.533. The molecule has 1 heterocycles. The summed E-state index contributed by atoms with van der Waals surface area (Å²) in [4.78, 5) is 12.6. The van der Waals surface area contributed by atoms with Crippen LogP contribution in [0.25, 0.3) is 0 Å². The molecule has 0 aliphatic carbocycles. The van der Waals surface area contributed by atoms with E-state index in [0.29, 0.717) is 16.5 Å². The largest absolute Gasteiger partial charge is 0.495 e. The van der Waals surface area contributed by atoms with Crippen LogP contribution >= 0.6 is 11.6 Å². The van der Waals surface area contributed by atoms with Gasteiger partial charge in [-0.25, -0.2) is 0 Å². The highest BCUT2D eigenvalue weighted by Gasteiger charge is 2.40. The molecule has 1 atom stereocenters. The van der Waals surface area contributed by atoms with Crippen LogP contribution < -0.4 is 15.4 Å². The lowest BCUT2D eigenvalue weighted by Gasteiger charge is -2.26. The number of anilines is 1. The molecule has 0 radical (unpaired) electrons. The van der Waals surface area contributed by atoms with E-state index < -0.39 is 0 Å². The van der Waals surface area contributed by atoms with E-state index in [0.717, 1.165) is 32.4 Å². The summed E-state index contributed by atoms with van der Waals surface area (Å²) in [5.74, 6) is 0.682. The number of hydrogen-bond donors (Lipinski definition) is 2. The summed E-state index contributed by atoms with van der Waals surface area (Å²) < 4.78 is 5.11. The van der Waals surface area contributed by atoms with E-state index in [4.69, 9.17) is 16.3 Å². The Kier molecular flexibility index (Phi) is 4.89. The van der Waals surface area contributed by atoms with Crippen molar-refractivity contribution in [2.24, 2.45) is 5.41 Å². The molecule has 0 bridgehead atoms. The number of hydrogen-bond acceptors (Lipinski definition) is 3. The number of ether oxygens (including phenoxy) is 1. The Labute approximate surface area is 124 Å². The average molecular weight is 297 g/mol. The van der Waals surface area contributed by atoms with Gasteiger partial charge in [0.25, 0.3) is 0 Å². The molecule has 110 valence electrons. The number of carbonyl (C=O) groups is 1. The van der Waals surface area contributed by atoms with Crippen molar-refractivity contribution in [1.29, 1.82) is 0 Å². The van der Waals surface area contributed by atoms with Crippen molar-refractivity contribution in [3.8, 4) is 5.75 Å². The molecule has 1 aromatic rings. The Hall–Kier alpha value is -1.26. The summed E-state index contributed by atoms with van der Waals surface area (Å²) in [6.45, 7) is 3.75. The van der Waals surface area contributed by atoms with Gasteiger partial charge in [0.1, 0.15) is 5.75 Å². The quantitative estimate of drug-likeness (QED) is 0.878. The van der Waals surface area contributed by atoms with E-state index in [2.05, 4.69) is 17.6 Å². The van der Waals surface area contributed by atoms with Gasteiger partial charge < -0.3 is 15.4 Å². The summed E-state index contributed by atoms with van der Waals surface area (Å²) >= 11 is 6.08. The predicted molar refractivity (Wildman–Crippen MR) is 81.5 cm³/mol. The minimum Gasteiger partial charge on any atom is -0.495 e. The number of rotatable bonds is 5. The van der Waals surface area contributed by atoms with E-state index in [1.54, 1.807) is 19.2 Å². The van der Waals surface area contributed by atoms with Gasteiger partial charge in [-0.1, -0.05) is 24.9 Å². The molecule has 5 heteroatoms. The Morgan fingerprint density at radius 3 is 2.90 bits per heavy atom. The van der Waals surface area contributed by atoms with Gasteiger partial charge >= 0.3 is 0 Å². The smallest absolute Gasteiger partial charge is 0.231 e. The second-order valence-corrected chi connectivity index (χ2v) is 5.67. The molecule has 1 amide bonds. The molecule has 1 saturated heterocycles. The van der Waals surface area contributed by atoms with Crippen molar-refractivity contribution in [3.63, 3.8) is 0 Å². The van der Waals surface area contributed by atoms with Gasteiger partial charge in [0, 0.05) is 12.2 Å². The van der Waals surface area contributed by atoms with Crippen LogP contribution in [-0.2, 0) is 4.79 Å². The van der Waals surface area contributed by atoms with Crippen LogP contribution in [0.5, 0.6) is 5.75 Å². The molecule has 4 nitrogen and oxygen atoms in total. The molecular weight excluding hydrogens is 276 g/mol. The molecule has 1 aromatic carbocycles. The third-order valence-electron chi connectivity index (χ3n) is 3.86. The minimum atomic E-state index is -0.291. The van der Waals surface area contributed by atoms with Crippen molar-refractivity contribution < 1.29 is 9.53 Å². The third-order valence-corrected chi connectivity index (χ3v) is 4.16. The number of halogens is 1. The van der Waals surface area contributed by atoms with Crippen molar-refractivity contribution >= 4 is 23.2 Å². The molecule has 2 rings (SSSR count). The molecule has 1 aliphatic rings. The molecule has 0 spiro atoms. The van der Waals surface area contributed by atoms with E-state index in [9.17, 15) is 4.79 Å². The summed E-state index contributed by atoms with van der Waals surface area (Å²) in [5, 5.41) is 6.77. The van der Waals surface area contributed by atoms with Crippen LogP contribution in [0.1, 0.15) is 26.2 Å². The van der Waals surface area contributed by atoms with Crippen molar-refractivity contribution in [2.45, 2.75) is 26.2 Å². The lowest BCUT2D eigenvalue weighted by atomic mass is 9.81. The highest BCUT2D eigenvalue weighted by Crippen LogP contribution is 2.33. The minimum absolute atomic E-state index is 0.0746. The van der Waals surface area contributed by atoms with Gasteiger partial charge in [-0.2, -0.15) is 0 Å². The van der Waals surface area contributed by atoms with Crippen molar-refractivity contribution in [1.82, 2.24) is 5.32 Å². The van der Waals surface area contributed by atoms with Crippen LogP contribution in [0, 0.1) is 5.41 Å². The zero-order chi connectivity index (χ0) is 14.6. The first-order valence-corrected chi connectivity index (χ1v) is 7.35. The summed E-state index contributed by atoms with van der Waals surface area (Å²) in [6, 6.07) is 5.29. The van der Waals surface area contributed by atoms with Gasteiger partial charge in [-0.3, -0.25) is 4.79 Å².